The summed E-state index contributed by atoms with van der Waals surface area (Å²) in [6.45, 7) is 5.42. The molecule has 12 heteroatoms. The molecule has 1 aliphatic carbocycles. The number of aliphatic hydroxyl groups is 2. The number of ether oxygens (including phenoxy) is 2. The van der Waals surface area contributed by atoms with Crippen molar-refractivity contribution in [1.29, 1.82) is 0 Å². The number of nitrogens with zero attached hydrogens (tertiary/aromatic N) is 4. The van der Waals surface area contributed by atoms with Gasteiger partial charge in [-0.2, -0.15) is 0 Å². The number of halogens is 2. The van der Waals surface area contributed by atoms with Crippen LogP contribution in [0.2, 0.25) is 5.02 Å². The summed E-state index contributed by atoms with van der Waals surface area (Å²) >= 11 is 6.37. The average Bonchev–Trinajstić information content (AvgIpc) is 3.30. The fourth-order valence-corrected chi connectivity index (χ4v) is 5.39. The fraction of sp³-hybridized carbons (Fsp3) is 0.480. The molecule has 4 N–H and O–H groups in total. The van der Waals surface area contributed by atoms with Crippen LogP contribution < -0.4 is 5.73 Å². The van der Waals surface area contributed by atoms with E-state index in [2.05, 4.69) is 9.97 Å². The molecule has 2 aliphatic rings. The van der Waals surface area contributed by atoms with E-state index in [-0.39, 0.29) is 25.2 Å². The van der Waals surface area contributed by atoms with E-state index >= 15 is 0 Å². The fourth-order valence-electron chi connectivity index (χ4n) is 5.10. The molecule has 5 rings (SSSR count). The Labute approximate surface area is 217 Å². The lowest BCUT2D eigenvalue weighted by Crippen LogP contribution is -2.46. The van der Waals surface area contributed by atoms with Gasteiger partial charge in [0.2, 0.25) is 0 Å². The molecule has 10 nitrogen and oxygen atoms in total. The molecule has 0 bridgehead atoms. The van der Waals surface area contributed by atoms with Crippen LogP contribution in [0.3, 0.4) is 0 Å². The average molecular weight is 534 g/mol. The van der Waals surface area contributed by atoms with Gasteiger partial charge in [-0.15, -0.1) is 0 Å². The van der Waals surface area contributed by atoms with Crippen molar-refractivity contribution in [3.63, 3.8) is 0 Å². The van der Waals surface area contributed by atoms with E-state index in [0.717, 1.165) is 0 Å². The molecule has 3 heterocycles. The zero-order valence-corrected chi connectivity index (χ0v) is 21.4. The van der Waals surface area contributed by atoms with Crippen molar-refractivity contribution in [2.75, 3.05) is 12.3 Å². The predicted molar refractivity (Wildman–Crippen MR) is 133 cm³/mol. The number of hydrogen-bond donors (Lipinski definition) is 3. The number of anilines is 1. The second-order valence-corrected chi connectivity index (χ2v) is 10.8. The predicted octanol–water partition coefficient (Wildman–Crippen LogP) is 3.35. The highest BCUT2D eigenvalue weighted by atomic mass is 35.5. The van der Waals surface area contributed by atoms with E-state index in [4.69, 9.17) is 26.8 Å². The maximum absolute atomic E-state index is 14.6. The van der Waals surface area contributed by atoms with Crippen molar-refractivity contribution in [3.8, 4) is 0 Å². The molecule has 1 fully saturated rings. The lowest BCUT2D eigenvalue weighted by Gasteiger charge is -2.39. The molecule has 5 atom stereocenters. The van der Waals surface area contributed by atoms with Gasteiger partial charge in [0, 0.05) is 18.3 Å². The molecule has 37 heavy (non-hydrogen) atoms. The summed E-state index contributed by atoms with van der Waals surface area (Å²) < 4.78 is 28.2. The SMILES string of the molecule is CC(C)(C)OC(=O)N1CCc2c(F)cccc2C1O[C@H]1C[C@@H](n2cc(Cl)c3c(N)ncnc32)[C@H](O)[C@@H]1O. The first kappa shape index (κ1) is 25.7. The van der Waals surface area contributed by atoms with Gasteiger partial charge >= 0.3 is 6.09 Å². The Morgan fingerprint density at radius 1 is 1.24 bits per heavy atom. The van der Waals surface area contributed by atoms with Crippen molar-refractivity contribution < 1.29 is 28.9 Å². The first-order valence-electron chi connectivity index (χ1n) is 12.0. The summed E-state index contributed by atoms with van der Waals surface area (Å²) in [5.74, 6) is -0.200. The number of aliphatic hydroxyl groups excluding tert-OH is 2. The minimum absolute atomic E-state index is 0.162. The number of amides is 1. The van der Waals surface area contributed by atoms with Crippen molar-refractivity contribution in [2.45, 2.75) is 69.8 Å². The van der Waals surface area contributed by atoms with Crippen LogP contribution in [0.1, 0.15) is 50.6 Å². The van der Waals surface area contributed by atoms with Crippen LogP contribution in [0.15, 0.2) is 30.7 Å². The van der Waals surface area contributed by atoms with E-state index in [0.29, 0.717) is 27.2 Å². The summed E-state index contributed by atoms with van der Waals surface area (Å²) in [6, 6.07) is 3.94. The van der Waals surface area contributed by atoms with Crippen LogP contribution in [0, 0.1) is 5.82 Å². The maximum Gasteiger partial charge on any atom is 0.412 e. The van der Waals surface area contributed by atoms with E-state index in [1.165, 1.54) is 17.3 Å². The third kappa shape index (κ3) is 4.61. The number of rotatable bonds is 3. The van der Waals surface area contributed by atoms with Gasteiger partial charge < -0.3 is 30.0 Å². The van der Waals surface area contributed by atoms with Gasteiger partial charge in [-0.05, 0) is 45.2 Å². The van der Waals surface area contributed by atoms with Gasteiger partial charge in [-0.25, -0.2) is 19.2 Å². The molecule has 3 aromatic rings. The monoisotopic (exact) mass is 533 g/mol. The summed E-state index contributed by atoms with van der Waals surface area (Å²) in [5.41, 5.74) is 6.53. The Kier molecular flexibility index (Phi) is 6.51. The first-order valence-corrected chi connectivity index (χ1v) is 12.4. The third-order valence-electron chi connectivity index (χ3n) is 6.79. The Bertz CT molecular complexity index is 1340. The highest BCUT2D eigenvalue weighted by Gasteiger charge is 2.47. The second-order valence-electron chi connectivity index (χ2n) is 10.4. The standard InChI is InChI=1S/C25H29ClFN5O5/c1-25(2,3)37-24(35)31-8-7-12-13(5-4-6-15(12)27)23(31)36-17-9-16(19(33)20(17)34)32-10-14(26)18-21(28)29-11-30-22(18)32/h4-6,10-11,16-17,19-20,23,33-34H,7-9H2,1-3H3,(H2,28,29,30)/t16-,17+,19+,20-,23?/m1/s1. The number of fused-ring (bicyclic) bond motifs is 2. The topological polar surface area (TPSA) is 136 Å². The number of aromatic nitrogens is 3. The van der Waals surface area contributed by atoms with Crippen molar-refractivity contribution in [2.24, 2.45) is 0 Å². The molecule has 1 saturated carbocycles. The molecule has 1 unspecified atom stereocenters. The molecular formula is C25H29ClFN5O5. The molecule has 1 aromatic carbocycles. The second kappa shape index (κ2) is 9.39. The quantitative estimate of drug-likeness (QED) is 0.466. The molecule has 0 radical (unpaired) electrons. The number of nitrogen functional groups attached to an aromatic ring is 1. The lowest BCUT2D eigenvalue weighted by molar-refractivity contribution is -0.139. The minimum atomic E-state index is -1.31. The molecular weight excluding hydrogens is 505 g/mol. The van der Waals surface area contributed by atoms with Gasteiger partial charge in [-0.3, -0.25) is 4.90 Å². The summed E-state index contributed by atoms with van der Waals surface area (Å²) in [6.07, 6.45) is -1.77. The van der Waals surface area contributed by atoms with Crippen LogP contribution in [-0.2, 0) is 15.9 Å². The van der Waals surface area contributed by atoms with Gasteiger partial charge in [0.15, 0.2) is 6.23 Å². The lowest BCUT2D eigenvalue weighted by atomic mass is 9.97. The highest BCUT2D eigenvalue weighted by Crippen LogP contribution is 2.42. The van der Waals surface area contributed by atoms with E-state index in [1.807, 2.05) is 0 Å². The zero-order valence-electron chi connectivity index (χ0n) is 20.6. The summed E-state index contributed by atoms with van der Waals surface area (Å²) in [4.78, 5) is 22.7. The van der Waals surface area contributed by atoms with Gasteiger partial charge in [0.25, 0.3) is 0 Å². The third-order valence-corrected chi connectivity index (χ3v) is 7.07. The van der Waals surface area contributed by atoms with Crippen LogP contribution in [0.25, 0.3) is 11.0 Å². The van der Waals surface area contributed by atoms with E-state index in [9.17, 15) is 19.4 Å². The van der Waals surface area contributed by atoms with Crippen LogP contribution >= 0.6 is 11.6 Å². The Balaban J connectivity index is 1.47. The van der Waals surface area contributed by atoms with Crippen LogP contribution in [0.4, 0.5) is 15.0 Å². The summed E-state index contributed by atoms with van der Waals surface area (Å²) in [7, 11) is 0. The summed E-state index contributed by atoms with van der Waals surface area (Å²) in [5, 5.41) is 22.7. The zero-order chi connectivity index (χ0) is 26.6. The van der Waals surface area contributed by atoms with Gasteiger partial charge in [0.05, 0.1) is 22.6 Å². The van der Waals surface area contributed by atoms with Crippen LogP contribution in [-0.4, -0.2) is 66.2 Å². The number of benzene rings is 1. The van der Waals surface area contributed by atoms with Crippen LogP contribution in [0.5, 0.6) is 0 Å². The normalized spacial score (nSPS) is 25.9. The molecule has 1 aliphatic heterocycles. The van der Waals surface area contributed by atoms with Gasteiger partial charge in [-0.1, -0.05) is 23.7 Å². The molecule has 0 spiro atoms. The molecule has 0 saturated heterocycles. The Hall–Kier alpha value is -2.99. The molecule has 1 amide bonds. The number of carbonyl (C=O) groups excluding carboxylic acids is 1. The van der Waals surface area contributed by atoms with Gasteiger partial charge in [0.1, 0.15) is 41.4 Å². The number of nitrogens with two attached hydrogens (primary N) is 1. The van der Waals surface area contributed by atoms with E-state index in [1.54, 1.807) is 43.7 Å². The first-order chi connectivity index (χ1) is 17.5. The maximum atomic E-state index is 14.6. The Morgan fingerprint density at radius 3 is 2.73 bits per heavy atom. The van der Waals surface area contributed by atoms with Crippen molar-refractivity contribution >= 4 is 34.5 Å². The van der Waals surface area contributed by atoms with Crippen molar-refractivity contribution in [1.82, 2.24) is 19.4 Å². The van der Waals surface area contributed by atoms with Crippen molar-refractivity contribution in [3.05, 3.63) is 52.7 Å². The minimum Gasteiger partial charge on any atom is -0.444 e. The molecule has 2 aromatic heterocycles. The molecule has 198 valence electrons. The highest BCUT2D eigenvalue weighted by molar-refractivity contribution is 6.36. The number of hydrogen-bond acceptors (Lipinski definition) is 8. The smallest absolute Gasteiger partial charge is 0.412 e. The number of carbonyl (C=O) groups is 1. The largest absolute Gasteiger partial charge is 0.444 e. The van der Waals surface area contributed by atoms with E-state index < -0.39 is 48.1 Å². The Morgan fingerprint density at radius 2 is 2.00 bits per heavy atom.